The van der Waals surface area contributed by atoms with Crippen molar-refractivity contribution in [1.82, 2.24) is 0 Å². The van der Waals surface area contributed by atoms with Crippen molar-refractivity contribution in [2.24, 2.45) is 0 Å². The van der Waals surface area contributed by atoms with Crippen molar-refractivity contribution >= 4 is 38.4 Å². The van der Waals surface area contributed by atoms with Crippen LogP contribution in [0.25, 0.3) is 11.1 Å². The number of aryl methyl sites for hydroxylation is 2. The van der Waals surface area contributed by atoms with Gasteiger partial charge in [-0.3, -0.25) is 0 Å². The molecule has 4 aromatic rings. The Kier molecular flexibility index (Phi) is 11.1. The predicted molar refractivity (Wildman–Crippen MR) is 217 cm³/mol. The minimum atomic E-state index is -0.0399. The molecule has 0 heterocycles. The molecule has 2 unspecified atom stereocenters. The monoisotopic (exact) mass is 682 g/mol. The number of hydrogen-bond donors (Lipinski definition) is 0. The van der Waals surface area contributed by atoms with E-state index in [-0.39, 0.29) is 21.7 Å². The van der Waals surface area contributed by atoms with Crippen LogP contribution >= 0.6 is 17.2 Å². The Morgan fingerprint density at radius 3 is 0.938 bits per heavy atom. The Morgan fingerprint density at radius 2 is 0.708 bits per heavy atom. The van der Waals surface area contributed by atoms with Crippen LogP contribution in [0, 0.1) is 13.8 Å². The van der Waals surface area contributed by atoms with Gasteiger partial charge in [0.2, 0.25) is 0 Å². The second kappa shape index (κ2) is 13.9. The van der Waals surface area contributed by atoms with Gasteiger partial charge in [-0.25, -0.2) is 0 Å². The Labute approximate surface area is 296 Å². The first-order valence-corrected chi connectivity index (χ1v) is 19.3. The lowest BCUT2D eigenvalue weighted by Gasteiger charge is -2.30. The molecule has 0 amide bonds. The molecular formula is C44H60O2P2. The molecule has 4 aromatic carbocycles. The molecule has 0 N–H and O–H groups in total. The molecule has 0 saturated carbocycles. The zero-order chi connectivity index (χ0) is 36.0. The zero-order valence-corrected chi connectivity index (χ0v) is 34.6. The molecule has 2 atom stereocenters. The van der Waals surface area contributed by atoms with Crippen LogP contribution in [-0.4, -0.2) is 14.2 Å². The van der Waals surface area contributed by atoms with Gasteiger partial charge >= 0.3 is 0 Å². The van der Waals surface area contributed by atoms with E-state index in [2.05, 4.69) is 158 Å². The van der Waals surface area contributed by atoms with E-state index in [9.17, 15) is 0 Å². The van der Waals surface area contributed by atoms with E-state index < -0.39 is 0 Å². The van der Waals surface area contributed by atoms with Crippen LogP contribution < -0.4 is 30.7 Å². The molecule has 258 valence electrons. The van der Waals surface area contributed by atoms with E-state index in [0.717, 1.165) is 11.5 Å². The standard InChI is InChI=1S/C44H60O2P2/c1-27-19-17-21-35(47-29-23-31(41(3,4)5)39(45-15)32(24-29)42(6,7)8)37(27)38-28(2)20-18-22-36(38)48-30-25-33(43(9,10)11)40(46-16)34(26-30)44(12,13)14/h17-26,47-48H,1-16H3. The van der Waals surface area contributed by atoms with Gasteiger partial charge in [0.1, 0.15) is 11.5 Å². The van der Waals surface area contributed by atoms with Gasteiger partial charge in [-0.2, -0.15) is 0 Å². The molecule has 0 bridgehead atoms. The Bertz CT molecular complexity index is 1580. The van der Waals surface area contributed by atoms with Crippen molar-refractivity contribution in [2.75, 3.05) is 14.2 Å². The fourth-order valence-electron chi connectivity index (χ4n) is 6.59. The fourth-order valence-corrected chi connectivity index (χ4v) is 9.33. The minimum absolute atomic E-state index is 0.0399. The van der Waals surface area contributed by atoms with Crippen LogP contribution in [0.15, 0.2) is 60.7 Å². The summed E-state index contributed by atoms with van der Waals surface area (Å²) in [5, 5.41) is 5.49. The van der Waals surface area contributed by atoms with E-state index >= 15 is 0 Å². The third kappa shape index (κ3) is 8.20. The van der Waals surface area contributed by atoms with Crippen LogP contribution in [0.2, 0.25) is 0 Å². The Morgan fingerprint density at radius 1 is 0.438 bits per heavy atom. The highest BCUT2D eigenvalue weighted by molar-refractivity contribution is 7.56. The molecule has 0 radical (unpaired) electrons. The SMILES string of the molecule is COc1c(C(C)(C)C)cc(Pc2cccc(C)c2-c2c(C)cccc2Pc2cc(C(C)(C)C)c(OC)c(C(C)(C)C)c2)cc1C(C)(C)C. The zero-order valence-electron chi connectivity index (χ0n) is 32.6. The smallest absolute Gasteiger partial charge is 0.126 e. The molecule has 0 aliphatic carbocycles. The van der Waals surface area contributed by atoms with Gasteiger partial charge in [0, 0.05) is 22.3 Å². The van der Waals surface area contributed by atoms with Gasteiger partial charge < -0.3 is 9.47 Å². The summed E-state index contributed by atoms with van der Waals surface area (Å²) in [7, 11) is 4.67. The summed E-state index contributed by atoms with van der Waals surface area (Å²) < 4.78 is 12.2. The van der Waals surface area contributed by atoms with Crippen LogP contribution in [0.5, 0.6) is 11.5 Å². The summed E-state index contributed by atoms with van der Waals surface area (Å²) in [6.45, 7) is 32.0. The maximum absolute atomic E-state index is 6.10. The number of ether oxygens (including phenoxy) is 2. The van der Waals surface area contributed by atoms with E-state index in [0.29, 0.717) is 17.2 Å². The van der Waals surface area contributed by atoms with E-state index in [1.165, 1.54) is 65.7 Å². The van der Waals surface area contributed by atoms with Crippen LogP contribution in [0.4, 0.5) is 0 Å². The molecule has 4 rings (SSSR count). The van der Waals surface area contributed by atoms with E-state index in [4.69, 9.17) is 9.47 Å². The molecule has 2 nitrogen and oxygen atoms in total. The molecule has 48 heavy (non-hydrogen) atoms. The summed E-state index contributed by atoms with van der Waals surface area (Å²) in [6, 6.07) is 23.3. The van der Waals surface area contributed by atoms with Crippen molar-refractivity contribution in [2.45, 2.75) is 119 Å². The van der Waals surface area contributed by atoms with Crippen LogP contribution in [0.3, 0.4) is 0 Å². The molecule has 0 spiro atoms. The summed E-state index contributed by atoms with van der Waals surface area (Å²) in [5.74, 6) is 2.05. The quantitative estimate of drug-likeness (QED) is 0.181. The van der Waals surface area contributed by atoms with Gasteiger partial charge in [0.25, 0.3) is 0 Å². The molecule has 0 fully saturated rings. The largest absolute Gasteiger partial charge is 0.496 e. The van der Waals surface area contributed by atoms with Crippen LogP contribution in [0.1, 0.15) is 116 Å². The first-order chi connectivity index (χ1) is 22.1. The van der Waals surface area contributed by atoms with Crippen molar-refractivity contribution in [3.63, 3.8) is 0 Å². The number of benzene rings is 4. The first kappa shape index (κ1) is 38.1. The lowest BCUT2D eigenvalue weighted by Crippen LogP contribution is -2.23. The van der Waals surface area contributed by atoms with Gasteiger partial charge in [0.05, 0.1) is 14.2 Å². The van der Waals surface area contributed by atoms with E-state index in [1.807, 2.05) is 14.2 Å². The van der Waals surface area contributed by atoms with Gasteiger partial charge in [0.15, 0.2) is 0 Å². The van der Waals surface area contributed by atoms with Gasteiger partial charge in [-0.05, 0) is 103 Å². The molecule has 0 aliphatic heterocycles. The molecule has 0 aromatic heterocycles. The summed E-state index contributed by atoms with van der Waals surface area (Å²) >= 11 is 0. The van der Waals surface area contributed by atoms with Crippen LogP contribution in [-0.2, 0) is 21.7 Å². The van der Waals surface area contributed by atoms with Crippen molar-refractivity contribution in [3.8, 4) is 22.6 Å². The fraction of sp³-hybridized carbons (Fsp3) is 0.455. The minimum Gasteiger partial charge on any atom is -0.496 e. The summed E-state index contributed by atoms with van der Waals surface area (Å²) in [4.78, 5) is 0. The maximum atomic E-state index is 6.10. The highest BCUT2D eigenvalue weighted by Crippen LogP contribution is 2.42. The van der Waals surface area contributed by atoms with Crippen molar-refractivity contribution < 1.29 is 9.47 Å². The number of hydrogen-bond acceptors (Lipinski definition) is 2. The third-order valence-corrected chi connectivity index (χ3v) is 11.7. The molecular weight excluding hydrogens is 622 g/mol. The summed E-state index contributed by atoms with van der Waals surface area (Å²) in [6.07, 6.45) is 0. The third-order valence-electron chi connectivity index (χ3n) is 9.17. The maximum Gasteiger partial charge on any atom is 0.126 e. The average molecular weight is 683 g/mol. The lowest BCUT2D eigenvalue weighted by molar-refractivity contribution is 0.381. The first-order valence-electron chi connectivity index (χ1n) is 17.3. The topological polar surface area (TPSA) is 18.5 Å². The second-order valence-corrected chi connectivity index (χ2v) is 20.2. The highest BCUT2D eigenvalue weighted by Gasteiger charge is 2.30. The van der Waals surface area contributed by atoms with E-state index in [1.54, 1.807) is 0 Å². The number of methoxy groups -OCH3 is 2. The Hall–Kier alpha value is -2.66. The molecule has 0 aliphatic rings. The van der Waals surface area contributed by atoms with Crippen molar-refractivity contribution in [3.05, 3.63) is 94.0 Å². The summed E-state index contributed by atoms with van der Waals surface area (Å²) in [5.41, 5.74) is 10.3. The average Bonchev–Trinajstić information content (AvgIpc) is 2.95. The predicted octanol–water partition coefficient (Wildman–Crippen LogP) is 10.4. The molecule has 4 heteroatoms. The molecule has 0 saturated heterocycles. The highest BCUT2D eigenvalue weighted by atomic mass is 31.1. The lowest BCUT2D eigenvalue weighted by atomic mass is 9.79. The second-order valence-electron chi connectivity index (χ2n) is 17.5. The van der Waals surface area contributed by atoms with Gasteiger partial charge in [-0.1, -0.05) is 137 Å². The number of rotatable bonds is 7. The van der Waals surface area contributed by atoms with Gasteiger partial charge in [-0.15, -0.1) is 0 Å². The normalized spacial score (nSPS) is 13.2. The van der Waals surface area contributed by atoms with Crippen molar-refractivity contribution in [1.29, 1.82) is 0 Å². The Balaban J connectivity index is 1.93.